The van der Waals surface area contributed by atoms with Crippen LogP contribution < -0.4 is 45.9 Å². The number of nitrogens with zero attached hydrogens (tertiary/aromatic N) is 2. The number of ether oxygens (including phenoxy) is 8. The zero-order valence-corrected chi connectivity index (χ0v) is 70.7. The van der Waals surface area contributed by atoms with Gasteiger partial charge in [-0.25, -0.2) is 0 Å². The van der Waals surface area contributed by atoms with E-state index in [1.165, 1.54) is 12.4 Å². The average Bonchev–Trinajstić information content (AvgIpc) is 0.800. The summed E-state index contributed by atoms with van der Waals surface area (Å²) >= 11 is 0. The number of nitrogens with one attached hydrogen (secondary N) is 5. The molecule has 3 heterocycles. The first-order valence-electron chi connectivity index (χ1n) is 37.4. The van der Waals surface area contributed by atoms with Gasteiger partial charge in [-0.2, -0.15) is 10.5 Å². The second kappa shape index (κ2) is 58.3. The molecule has 6 atom stereocenters. The number of hydrogen-bond acceptors (Lipinski definition) is 21. The number of methoxy groups -OCH3 is 4. The van der Waals surface area contributed by atoms with Crippen LogP contribution >= 0.6 is 18.9 Å². The fourth-order valence-corrected chi connectivity index (χ4v) is 11.9. The second-order valence-electron chi connectivity index (χ2n) is 26.6. The minimum absolute atomic E-state index is 0.00231. The van der Waals surface area contributed by atoms with E-state index in [4.69, 9.17) is 78.8 Å². The molecule has 24 nitrogen and oxygen atoms in total. The molecular weight excluding hydrogens is 1490 g/mol. The van der Waals surface area contributed by atoms with E-state index in [0.717, 1.165) is 81.0 Å². The summed E-state index contributed by atoms with van der Waals surface area (Å²) < 4.78 is 58.2. The van der Waals surface area contributed by atoms with Crippen molar-refractivity contribution in [2.45, 2.75) is 161 Å². The standard InChI is InChI=1S/2C26H29O5P.C7H7NO.C6H7NO2.2C6H15N.C5H8N2O.2C3H5NO/c2*1-27-22-12-8-20(9-13-22)26(19-6-4-3-5-7-19,21-10-14-23(28-2)15-11-21)30-18-25-24(31-32)16-17-29-25;8-7(9)6-4-2-1-3-5-6;1-4-3-7-6(9)2-5(4)8;2*1-5(2)7-6(3)4;1-5(2-6)3-7-4-8;2*4-2-1-3-5/h2*3-15,24-25H,16-18,32H2,1-2H3;1-5H,(H2,8,9);3H,2H2,1H3,(H,7,9);2*5-7H,1-4H3;2-4,6H,1H3,(H,7,8);2*5H,1,3H2/b;;;;;;5-3-,6-2?;;/t2*24-,25+;;;;;;;/m00......./s1. The Balaban J connectivity index is 0.000000489. The maximum atomic E-state index is 10.7. The molecule has 0 bridgehead atoms. The maximum Gasteiger partial charge on any atom is 0.248 e. The molecule has 26 heteroatoms. The van der Waals surface area contributed by atoms with Gasteiger partial charge in [0.1, 0.15) is 46.4 Å². The van der Waals surface area contributed by atoms with Crippen molar-refractivity contribution < 1.29 is 76.3 Å². The summed E-state index contributed by atoms with van der Waals surface area (Å²) in [6.45, 7) is 22.7. The Morgan fingerprint density at radius 2 is 0.886 bits per heavy atom. The summed E-state index contributed by atoms with van der Waals surface area (Å²) in [6, 6.07) is 67.4. The van der Waals surface area contributed by atoms with Gasteiger partial charge in [0.05, 0.1) is 98.5 Å². The van der Waals surface area contributed by atoms with Gasteiger partial charge >= 0.3 is 0 Å². The minimum atomic E-state index is -0.850. The van der Waals surface area contributed by atoms with Crippen LogP contribution in [-0.4, -0.2) is 157 Å². The Kier molecular flexibility index (Phi) is 51.4. The quantitative estimate of drug-likeness (QED) is 0.00742. The number of rotatable bonds is 28. The first kappa shape index (κ1) is 100. The lowest BCUT2D eigenvalue weighted by molar-refractivity contribution is -0.126. The van der Waals surface area contributed by atoms with Crippen molar-refractivity contribution >= 4 is 49.2 Å². The number of allylic oxidation sites excluding steroid dienone is 2. The number of nitriles is 2. The van der Waals surface area contributed by atoms with E-state index in [1.54, 1.807) is 78.7 Å². The van der Waals surface area contributed by atoms with Crippen molar-refractivity contribution in [1.82, 2.24) is 21.3 Å². The van der Waals surface area contributed by atoms with Crippen LogP contribution in [0.2, 0.25) is 0 Å². The molecule has 3 aliphatic rings. The highest BCUT2D eigenvalue weighted by Gasteiger charge is 2.42. The third-order valence-electron chi connectivity index (χ3n) is 16.6. The van der Waals surface area contributed by atoms with Gasteiger partial charge in [-0.3, -0.25) is 19.2 Å². The number of aliphatic hydroxyl groups excluding tert-OH is 2. The van der Waals surface area contributed by atoms with Crippen LogP contribution in [0, 0.1) is 28.1 Å². The molecule has 3 amide bonds. The summed E-state index contributed by atoms with van der Waals surface area (Å²) in [6.07, 6.45) is 6.50. The number of carbonyl (C=O) groups excluding carboxylic acids is 4. The van der Waals surface area contributed by atoms with Gasteiger partial charge in [0.2, 0.25) is 18.2 Å². The minimum Gasteiger partial charge on any atom is -0.497 e. The summed E-state index contributed by atoms with van der Waals surface area (Å²) in [5, 5.41) is 49.0. The molecule has 0 aromatic heterocycles. The van der Waals surface area contributed by atoms with Crippen LogP contribution in [0.3, 0.4) is 0 Å². The van der Waals surface area contributed by atoms with Gasteiger partial charge in [0.25, 0.3) is 0 Å². The highest BCUT2D eigenvalue weighted by Crippen LogP contribution is 2.44. The van der Waals surface area contributed by atoms with Gasteiger partial charge in [0, 0.05) is 86.1 Å². The Hall–Kier alpha value is -9.59. The van der Waals surface area contributed by atoms with E-state index >= 15 is 0 Å². The zero-order chi connectivity index (χ0) is 84.7. The first-order valence-corrected chi connectivity index (χ1v) is 38.4. The summed E-state index contributed by atoms with van der Waals surface area (Å²) in [4.78, 5) is 41.1. The number of primary amides is 1. The van der Waals surface area contributed by atoms with Gasteiger partial charge in [-0.15, -0.1) is 0 Å². The molecule has 0 saturated carbocycles. The predicted octanol–water partition coefficient (Wildman–Crippen LogP) is 13.6. The first-order chi connectivity index (χ1) is 54.8. The predicted molar refractivity (Wildman–Crippen MR) is 454 cm³/mol. The Bertz CT molecular complexity index is 3640. The average molecular weight is 1610 g/mol. The van der Waals surface area contributed by atoms with Crippen LogP contribution in [0.5, 0.6) is 23.0 Å². The van der Waals surface area contributed by atoms with Crippen molar-refractivity contribution in [2.75, 3.05) is 68.1 Å². The fourth-order valence-electron chi connectivity index (χ4n) is 11.3. The topological polar surface area (TPSA) is 347 Å². The Labute approximate surface area is 679 Å². The van der Waals surface area contributed by atoms with E-state index in [2.05, 4.69) is 168 Å². The molecule has 7 aromatic carbocycles. The molecule has 7 aromatic rings. The summed E-state index contributed by atoms with van der Waals surface area (Å²) in [5.41, 5.74) is 11.2. The van der Waals surface area contributed by atoms with E-state index in [0.29, 0.717) is 68.1 Å². The third kappa shape index (κ3) is 36.7. The highest BCUT2D eigenvalue weighted by molar-refractivity contribution is 7.10. The molecule has 0 radical (unpaired) electrons. The lowest BCUT2D eigenvalue weighted by atomic mass is 9.80. The monoisotopic (exact) mass is 1610 g/mol. The number of ketones is 1. The zero-order valence-electron chi connectivity index (χ0n) is 68.3. The van der Waals surface area contributed by atoms with E-state index in [-0.39, 0.29) is 74.5 Å². The molecular formula is C88H120N8O16P2. The van der Waals surface area contributed by atoms with Gasteiger partial charge in [-0.1, -0.05) is 183 Å². The number of nitrogens with two attached hydrogens (primary N) is 1. The van der Waals surface area contributed by atoms with Gasteiger partial charge in [0.15, 0.2) is 5.78 Å². The highest BCUT2D eigenvalue weighted by atomic mass is 31.0. The van der Waals surface area contributed by atoms with Crippen LogP contribution in [0.1, 0.15) is 145 Å². The molecule has 10 rings (SSSR count). The lowest BCUT2D eigenvalue weighted by Crippen LogP contribution is -2.38. The van der Waals surface area contributed by atoms with Crippen LogP contribution in [0.25, 0.3) is 0 Å². The molecule has 2 unspecified atom stereocenters. The Morgan fingerprint density at radius 1 is 0.570 bits per heavy atom. The van der Waals surface area contributed by atoms with Crippen molar-refractivity contribution in [3.63, 3.8) is 0 Å². The molecule has 0 spiro atoms. The smallest absolute Gasteiger partial charge is 0.248 e. The molecule has 0 aliphatic carbocycles. The third-order valence-corrected chi connectivity index (χ3v) is 17.3. The van der Waals surface area contributed by atoms with Crippen molar-refractivity contribution in [1.29, 1.82) is 15.9 Å². The molecule has 2 saturated heterocycles. The molecule has 9 N–H and O–H groups in total. The number of benzene rings is 7. The van der Waals surface area contributed by atoms with E-state index in [9.17, 15) is 19.2 Å². The van der Waals surface area contributed by atoms with Crippen molar-refractivity contribution in [3.8, 4) is 35.1 Å². The van der Waals surface area contributed by atoms with Crippen molar-refractivity contribution in [2.24, 2.45) is 5.73 Å². The number of Topliss-reactive ketones (excluding diaryl/α,β-unsaturated/α-hetero) is 1. The van der Waals surface area contributed by atoms with Crippen LogP contribution in [-0.2, 0) is 53.6 Å². The van der Waals surface area contributed by atoms with Gasteiger partial charge < -0.3 is 89.6 Å². The van der Waals surface area contributed by atoms with Crippen molar-refractivity contribution in [3.05, 3.63) is 251 Å². The Morgan fingerprint density at radius 3 is 1.11 bits per heavy atom. The molecule has 114 heavy (non-hydrogen) atoms. The largest absolute Gasteiger partial charge is 0.497 e. The molecule has 2 fully saturated rings. The van der Waals surface area contributed by atoms with E-state index < -0.39 is 11.2 Å². The lowest BCUT2D eigenvalue weighted by Gasteiger charge is -2.37. The summed E-state index contributed by atoms with van der Waals surface area (Å²) in [5.74, 6) is 2.49. The van der Waals surface area contributed by atoms with E-state index in [1.807, 2.05) is 91.0 Å². The summed E-state index contributed by atoms with van der Waals surface area (Å²) in [7, 11) is 11.4. The fraction of sp³-hybridized carbons (Fsp3) is 0.398. The SMILES string of the molecule is C/C(C=N)=C/NC=O.CC(C)NC(C)C.CC(C)NC(C)C.CC1=CNC(=O)CC1=O.COc1ccc(C(OC[C@H]2OCC[C@@H]2OP)(c2ccccc2)c2ccc(OC)cc2)cc1.COc1ccc(C(OC[C@H]2OCC[C@@H]2OP)(c2ccccc2)c2ccc(OC)cc2)cc1.N#CCCO.N#CCCO.NC(=O)c1ccccc1. The van der Waals surface area contributed by atoms with Crippen LogP contribution in [0.4, 0.5) is 0 Å². The number of amides is 3. The molecule has 618 valence electrons. The second-order valence-corrected chi connectivity index (χ2v) is 27.2. The molecule has 3 aliphatic heterocycles. The maximum absolute atomic E-state index is 10.7. The number of aliphatic hydroxyl groups is 2. The normalized spacial score (nSPS) is 15.2. The van der Waals surface area contributed by atoms with Gasteiger partial charge in [-0.05, 0) is 126 Å². The number of hydrogen-bond donors (Lipinski definition) is 8. The number of carbonyl (C=O) groups is 4. The van der Waals surface area contributed by atoms with Crippen LogP contribution in [0.15, 0.2) is 212 Å².